The summed E-state index contributed by atoms with van der Waals surface area (Å²) in [5, 5.41) is 2.55. The lowest BCUT2D eigenvalue weighted by molar-refractivity contribution is -0.153. The highest BCUT2D eigenvalue weighted by Crippen LogP contribution is 2.26. The molecular formula is C15H17F2NO3. The lowest BCUT2D eigenvalue weighted by Crippen LogP contribution is -2.53. The van der Waals surface area contributed by atoms with Crippen molar-refractivity contribution < 1.29 is 23.1 Å². The van der Waals surface area contributed by atoms with Gasteiger partial charge in [0.2, 0.25) is 5.78 Å². The third-order valence-electron chi connectivity index (χ3n) is 3.57. The lowest BCUT2D eigenvalue weighted by atomic mass is 9.88. The first-order valence-corrected chi connectivity index (χ1v) is 6.79. The SMILES string of the molecule is O=COC(Cc1ccccc1)CC1CNCC(F)(F)C1=O. The minimum Gasteiger partial charge on any atom is -0.464 e. The van der Waals surface area contributed by atoms with Gasteiger partial charge < -0.3 is 10.1 Å². The standard InChI is InChI=1S/C15H17F2NO3/c16-15(17)9-18-8-12(14(15)20)7-13(21-10-19)6-11-4-2-1-3-5-11/h1-5,10,12-13,18H,6-9H2. The molecule has 0 saturated carbocycles. The van der Waals surface area contributed by atoms with Crippen LogP contribution in [0.25, 0.3) is 0 Å². The second kappa shape index (κ2) is 6.76. The number of rotatable bonds is 6. The topological polar surface area (TPSA) is 55.4 Å². The minimum absolute atomic E-state index is 0.0923. The van der Waals surface area contributed by atoms with Gasteiger partial charge in [-0.1, -0.05) is 30.3 Å². The van der Waals surface area contributed by atoms with Crippen LogP contribution in [-0.2, 0) is 20.7 Å². The summed E-state index contributed by atoms with van der Waals surface area (Å²) in [7, 11) is 0. The number of piperidine rings is 1. The Bertz CT molecular complexity index is 493. The van der Waals surface area contributed by atoms with Gasteiger partial charge in [0.05, 0.1) is 6.54 Å². The molecule has 1 aromatic carbocycles. The predicted octanol–water partition coefficient (Wildman–Crippen LogP) is 1.58. The van der Waals surface area contributed by atoms with Crippen LogP contribution in [0.2, 0.25) is 0 Å². The van der Waals surface area contributed by atoms with E-state index in [4.69, 9.17) is 4.74 Å². The van der Waals surface area contributed by atoms with Crippen molar-refractivity contribution in [1.82, 2.24) is 5.32 Å². The number of carbonyl (C=O) groups excluding carboxylic acids is 2. The Labute approximate surface area is 121 Å². The summed E-state index contributed by atoms with van der Waals surface area (Å²) in [6.07, 6.45) is -0.0983. The number of ketones is 1. The zero-order chi connectivity index (χ0) is 15.3. The summed E-state index contributed by atoms with van der Waals surface area (Å²) in [5.74, 6) is -5.27. The van der Waals surface area contributed by atoms with Gasteiger partial charge in [0.15, 0.2) is 0 Å². The van der Waals surface area contributed by atoms with Gasteiger partial charge in [0, 0.05) is 18.9 Å². The molecule has 2 atom stereocenters. The maximum atomic E-state index is 13.4. The summed E-state index contributed by atoms with van der Waals surface area (Å²) < 4.78 is 31.7. The molecule has 1 saturated heterocycles. The molecule has 0 bridgehead atoms. The van der Waals surface area contributed by atoms with E-state index in [1.54, 1.807) is 0 Å². The Morgan fingerprint density at radius 3 is 2.76 bits per heavy atom. The van der Waals surface area contributed by atoms with Crippen LogP contribution < -0.4 is 5.32 Å². The van der Waals surface area contributed by atoms with Gasteiger partial charge in [0.25, 0.3) is 6.47 Å². The van der Waals surface area contributed by atoms with E-state index >= 15 is 0 Å². The smallest absolute Gasteiger partial charge is 0.317 e. The summed E-state index contributed by atoms with van der Waals surface area (Å²) in [5.41, 5.74) is 0.923. The summed E-state index contributed by atoms with van der Waals surface area (Å²) in [6.45, 7) is -0.144. The zero-order valence-electron chi connectivity index (χ0n) is 11.4. The maximum Gasteiger partial charge on any atom is 0.317 e. The molecule has 0 spiro atoms. The highest BCUT2D eigenvalue weighted by atomic mass is 19.3. The monoisotopic (exact) mass is 297 g/mol. The number of benzene rings is 1. The highest BCUT2D eigenvalue weighted by molar-refractivity contribution is 5.89. The van der Waals surface area contributed by atoms with Crippen LogP contribution >= 0.6 is 0 Å². The van der Waals surface area contributed by atoms with Gasteiger partial charge in [-0.3, -0.25) is 9.59 Å². The van der Waals surface area contributed by atoms with Gasteiger partial charge in [-0.25, -0.2) is 0 Å². The summed E-state index contributed by atoms with van der Waals surface area (Å²) >= 11 is 0. The number of alkyl halides is 2. The average molecular weight is 297 g/mol. The molecule has 4 nitrogen and oxygen atoms in total. The Hall–Kier alpha value is -1.82. The fourth-order valence-electron chi connectivity index (χ4n) is 2.53. The predicted molar refractivity (Wildman–Crippen MR) is 72.0 cm³/mol. The minimum atomic E-state index is -3.35. The average Bonchev–Trinajstić information content (AvgIpc) is 2.45. The first kappa shape index (κ1) is 15.6. The van der Waals surface area contributed by atoms with E-state index in [2.05, 4.69) is 5.32 Å². The number of hydrogen-bond donors (Lipinski definition) is 1. The third kappa shape index (κ3) is 4.07. The maximum absolute atomic E-state index is 13.4. The highest BCUT2D eigenvalue weighted by Gasteiger charge is 2.46. The van der Waals surface area contributed by atoms with Crippen molar-refractivity contribution in [2.75, 3.05) is 13.1 Å². The quantitative estimate of drug-likeness (QED) is 0.810. The van der Waals surface area contributed by atoms with E-state index < -0.39 is 30.3 Å². The molecular weight excluding hydrogens is 280 g/mol. The lowest BCUT2D eigenvalue weighted by Gasteiger charge is -2.30. The van der Waals surface area contributed by atoms with Crippen LogP contribution in [0.4, 0.5) is 8.78 Å². The number of hydrogen-bond acceptors (Lipinski definition) is 4. The van der Waals surface area contributed by atoms with Gasteiger partial charge in [-0.15, -0.1) is 0 Å². The van der Waals surface area contributed by atoms with Crippen LogP contribution in [0.5, 0.6) is 0 Å². The molecule has 1 heterocycles. The second-order valence-corrected chi connectivity index (χ2v) is 5.18. The van der Waals surface area contributed by atoms with E-state index in [0.717, 1.165) is 5.56 Å². The normalized spacial score (nSPS) is 22.6. The molecule has 1 fully saturated rings. The van der Waals surface area contributed by atoms with E-state index in [-0.39, 0.29) is 13.0 Å². The molecule has 1 aliphatic heterocycles. The molecule has 114 valence electrons. The molecule has 21 heavy (non-hydrogen) atoms. The Balaban J connectivity index is 2.02. The zero-order valence-corrected chi connectivity index (χ0v) is 11.4. The first-order chi connectivity index (χ1) is 10.0. The van der Waals surface area contributed by atoms with Crippen LogP contribution in [0, 0.1) is 5.92 Å². The Kier molecular flexibility index (Phi) is 5.01. The number of halogens is 2. The van der Waals surface area contributed by atoms with E-state index in [1.165, 1.54) is 0 Å². The van der Waals surface area contributed by atoms with E-state index in [0.29, 0.717) is 12.9 Å². The van der Waals surface area contributed by atoms with Crippen molar-refractivity contribution in [1.29, 1.82) is 0 Å². The molecule has 1 aliphatic rings. The largest absolute Gasteiger partial charge is 0.464 e. The molecule has 2 rings (SSSR count). The molecule has 6 heteroatoms. The van der Waals surface area contributed by atoms with Crippen molar-refractivity contribution >= 4 is 12.3 Å². The van der Waals surface area contributed by atoms with Crippen LogP contribution in [0.1, 0.15) is 12.0 Å². The fraction of sp³-hybridized carbons (Fsp3) is 0.467. The number of nitrogens with one attached hydrogen (secondary N) is 1. The van der Waals surface area contributed by atoms with Crippen molar-refractivity contribution in [2.45, 2.75) is 24.9 Å². The third-order valence-corrected chi connectivity index (χ3v) is 3.57. The molecule has 0 aromatic heterocycles. The van der Waals surface area contributed by atoms with Crippen molar-refractivity contribution in [3.05, 3.63) is 35.9 Å². The van der Waals surface area contributed by atoms with Gasteiger partial charge in [-0.2, -0.15) is 8.78 Å². The number of Topliss-reactive ketones (excluding diaryl/α,β-unsaturated/α-hetero) is 1. The molecule has 0 aliphatic carbocycles. The van der Waals surface area contributed by atoms with Gasteiger partial charge in [-0.05, 0) is 12.0 Å². The molecule has 1 aromatic rings. The van der Waals surface area contributed by atoms with Gasteiger partial charge in [0.1, 0.15) is 6.10 Å². The second-order valence-electron chi connectivity index (χ2n) is 5.18. The molecule has 1 N–H and O–H groups in total. The van der Waals surface area contributed by atoms with Crippen LogP contribution in [0.15, 0.2) is 30.3 Å². The van der Waals surface area contributed by atoms with Gasteiger partial charge >= 0.3 is 5.92 Å². The van der Waals surface area contributed by atoms with Crippen molar-refractivity contribution in [3.8, 4) is 0 Å². The molecule has 0 amide bonds. The van der Waals surface area contributed by atoms with E-state index in [1.807, 2.05) is 30.3 Å². The summed E-state index contributed by atoms with van der Waals surface area (Å²) in [6, 6.07) is 9.26. The Morgan fingerprint density at radius 2 is 2.10 bits per heavy atom. The molecule has 0 radical (unpaired) electrons. The summed E-state index contributed by atoms with van der Waals surface area (Å²) in [4.78, 5) is 22.3. The number of ether oxygens (including phenoxy) is 1. The van der Waals surface area contributed by atoms with Crippen molar-refractivity contribution in [2.24, 2.45) is 5.92 Å². The number of carbonyl (C=O) groups is 2. The van der Waals surface area contributed by atoms with E-state index in [9.17, 15) is 18.4 Å². The first-order valence-electron chi connectivity index (χ1n) is 6.79. The van der Waals surface area contributed by atoms with Crippen LogP contribution in [0.3, 0.4) is 0 Å². The molecule has 2 unspecified atom stereocenters. The van der Waals surface area contributed by atoms with Crippen molar-refractivity contribution in [3.63, 3.8) is 0 Å². The Morgan fingerprint density at radius 1 is 1.38 bits per heavy atom. The van der Waals surface area contributed by atoms with Crippen LogP contribution in [-0.4, -0.2) is 37.4 Å². The fourth-order valence-corrected chi connectivity index (χ4v) is 2.53.